The molecule has 21 heavy (non-hydrogen) atoms. The lowest BCUT2D eigenvalue weighted by Crippen LogP contribution is -2.50. The Kier molecular flexibility index (Phi) is 4.36. The van der Waals surface area contributed by atoms with Crippen molar-refractivity contribution in [3.8, 4) is 5.88 Å². The van der Waals surface area contributed by atoms with E-state index in [0.29, 0.717) is 31.6 Å². The van der Waals surface area contributed by atoms with Gasteiger partial charge in [-0.15, -0.1) is 0 Å². The van der Waals surface area contributed by atoms with Crippen molar-refractivity contribution in [1.82, 2.24) is 9.88 Å². The van der Waals surface area contributed by atoms with E-state index in [0.717, 1.165) is 12.8 Å². The third-order valence-corrected chi connectivity index (χ3v) is 4.19. The van der Waals surface area contributed by atoms with E-state index < -0.39 is 5.97 Å². The van der Waals surface area contributed by atoms with Crippen LogP contribution in [0.25, 0.3) is 0 Å². The fourth-order valence-electron chi connectivity index (χ4n) is 3.27. The predicted molar refractivity (Wildman–Crippen MR) is 75.2 cm³/mol. The zero-order valence-corrected chi connectivity index (χ0v) is 11.9. The summed E-state index contributed by atoms with van der Waals surface area (Å²) in [4.78, 5) is 17.1. The maximum absolute atomic E-state index is 10.9. The Morgan fingerprint density at radius 2 is 2.38 bits per heavy atom. The molecule has 114 valence electrons. The molecule has 1 aromatic heterocycles. The maximum Gasteiger partial charge on any atom is 0.317 e. The number of aromatic nitrogens is 1. The molecule has 6 heteroatoms. The number of hydrogen-bond acceptors (Lipinski definition) is 5. The van der Waals surface area contributed by atoms with Gasteiger partial charge in [-0.1, -0.05) is 6.07 Å². The van der Waals surface area contributed by atoms with Gasteiger partial charge in [0.05, 0.1) is 25.9 Å². The molecule has 1 aliphatic heterocycles. The number of ether oxygens (including phenoxy) is 2. The number of carboxylic acid groups (broad SMARTS) is 1. The molecular formula is C15H20N2O4. The Labute approximate surface area is 123 Å². The van der Waals surface area contributed by atoms with E-state index in [9.17, 15) is 4.79 Å². The summed E-state index contributed by atoms with van der Waals surface area (Å²) in [5.74, 6) is 0.246. The molecule has 6 nitrogen and oxygen atoms in total. The summed E-state index contributed by atoms with van der Waals surface area (Å²) >= 11 is 0. The van der Waals surface area contributed by atoms with Gasteiger partial charge in [0, 0.05) is 24.8 Å². The fraction of sp³-hybridized carbons (Fsp3) is 0.600. The largest absolute Gasteiger partial charge is 0.480 e. The summed E-state index contributed by atoms with van der Waals surface area (Å²) in [7, 11) is 0. The third-order valence-electron chi connectivity index (χ3n) is 4.19. The van der Waals surface area contributed by atoms with Crippen molar-refractivity contribution >= 4 is 5.97 Å². The minimum Gasteiger partial charge on any atom is -0.480 e. The van der Waals surface area contributed by atoms with Crippen LogP contribution < -0.4 is 4.74 Å². The number of rotatable bonds is 5. The number of hydrogen-bond donors (Lipinski definition) is 1. The van der Waals surface area contributed by atoms with Gasteiger partial charge in [0.1, 0.15) is 0 Å². The molecule has 0 spiro atoms. The second-order valence-electron chi connectivity index (χ2n) is 5.66. The fourth-order valence-corrected chi connectivity index (χ4v) is 3.27. The van der Waals surface area contributed by atoms with Crippen molar-refractivity contribution < 1.29 is 19.4 Å². The standard InChI is InChI=1S/C15H20N2O4/c18-15(19)9-17-5-6-20-13-8-11(7-12(13)17)10-21-14-3-1-2-4-16-14/h1-4,11-13H,5-10H2,(H,18,19)/t11-,12+,13-/m1/s1. The second kappa shape index (κ2) is 6.41. The van der Waals surface area contributed by atoms with Gasteiger partial charge < -0.3 is 14.6 Å². The van der Waals surface area contributed by atoms with Crippen molar-refractivity contribution in [2.45, 2.75) is 25.0 Å². The topological polar surface area (TPSA) is 71.9 Å². The van der Waals surface area contributed by atoms with Crippen LogP contribution in [-0.2, 0) is 9.53 Å². The summed E-state index contributed by atoms with van der Waals surface area (Å²) in [6, 6.07) is 5.80. The van der Waals surface area contributed by atoms with Crippen molar-refractivity contribution in [3.63, 3.8) is 0 Å². The Balaban J connectivity index is 1.54. The lowest BCUT2D eigenvalue weighted by Gasteiger charge is -2.36. The molecule has 0 radical (unpaired) electrons. The van der Waals surface area contributed by atoms with Gasteiger partial charge in [-0.3, -0.25) is 9.69 Å². The summed E-state index contributed by atoms with van der Waals surface area (Å²) in [5, 5.41) is 8.99. The predicted octanol–water partition coefficient (Wildman–Crippen LogP) is 1.02. The van der Waals surface area contributed by atoms with Crippen LogP contribution in [0.5, 0.6) is 5.88 Å². The zero-order valence-electron chi connectivity index (χ0n) is 11.9. The summed E-state index contributed by atoms with van der Waals surface area (Å²) < 4.78 is 11.5. The molecule has 2 heterocycles. The minimum atomic E-state index is -0.774. The Morgan fingerprint density at radius 3 is 3.14 bits per heavy atom. The average molecular weight is 292 g/mol. The van der Waals surface area contributed by atoms with E-state index >= 15 is 0 Å². The van der Waals surface area contributed by atoms with Crippen molar-refractivity contribution in [2.75, 3.05) is 26.3 Å². The highest BCUT2D eigenvalue weighted by molar-refractivity contribution is 5.69. The normalized spacial score (nSPS) is 29.0. The lowest BCUT2D eigenvalue weighted by atomic mass is 10.1. The van der Waals surface area contributed by atoms with E-state index in [1.54, 1.807) is 6.20 Å². The zero-order chi connectivity index (χ0) is 14.7. The number of carboxylic acids is 1. The van der Waals surface area contributed by atoms with Crippen LogP contribution in [0.2, 0.25) is 0 Å². The first-order valence-electron chi connectivity index (χ1n) is 7.33. The molecule has 3 atom stereocenters. The van der Waals surface area contributed by atoms with Crippen molar-refractivity contribution in [2.24, 2.45) is 5.92 Å². The van der Waals surface area contributed by atoms with Crippen LogP contribution in [0, 0.1) is 5.92 Å². The SMILES string of the molecule is O=C(O)CN1CCO[C@@H]2C[C@H](COc3ccccn3)C[C@@H]21. The molecule has 1 N–H and O–H groups in total. The first-order chi connectivity index (χ1) is 10.2. The Morgan fingerprint density at radius 1 is 1.48 bits per heavy atom. The molecule has 0 bridgehead atoms. The summed E-state index contributed by atoms with van der Waals surface area (Å²) in [6.45, 7) is 2.01. The monoisotopic (exact) mass is 292 g/mol. The van der Waals surface area contributed by atoms with Gasteiger partial charge in [-0.05, 0) is 24.8 Å². The molecular weight excluding hydrogens is 272 g/mol. The molecule has 1 saturated carbocycles. The Bertz CT molecular complexity index is 482. The molecule has 0 unspecified atom stereocenters. The lowest BCUT2D eigenvalue weighted by molar-refractivity contribution is -0.142. The molecule has 1 aliphatic carbocycles. The van der Waals surface area contributed by atoms with E-state index in [2.05, 4.69) is 4.98 Å². The molecule has 2 fully saturated rings. The van der Waals surface area contributed by atoms with Crippen molar-refractivity contribution in [1.29, 1.82) is 0 Å². The first-order valence-corrected chi connectivity index (χ1v) is 7.33. The van der Waals surface area contributed by atoms with E-state index in [1.165, 1.54) is 0 Å². The number of pyridine rings is 1. The molecule has 0 amide bonds. The Hall–Kier alpha value is -1.66. The number of nitrogens with zero attached hydrogens (tertiary/aromatic N) is 2. The second-order valence-corrected chi connectivity index (χ2v) is 5.66. The molecule has 3 rings (SSSR count). The summed E-state index contributed by atoms with van der Waals surface area (Å²) in [6.07, 6.45) is 3.69. The third kappa shape index (κ3) is 3.51. The highest BCUT2D eigenvalue weighted by Gasteiger charge is 2.41. The molecule has 0 aromatic carbocycles. The van der Waals surface area contributed by atoms with Gasteiger partial charge in [0.25, 0.3) is 0 Å². The summed E-state index contributed by atoms with van der Waals surface area (Å²) in [5.41, 5.74) is 0. The van der Waals surface area contributed by atoms with Crippen LogP contribution in [0.15, 0.2) is 24.4 Å². The van der Waals surface area contributed by atoms with E-state index in [1.807, 2.05) is 23.1 Å². The van der Waals surface area contributed by atoms with Gasteiger partial charge in [0.15, 0.2) is 0 Å². The first kappa shape index (κ1) is 14.3. The molecule has 2 aliphatic rings. The van der Waals surface area contributed by atoms with Gasteiger partial charge in [-0.2, -0.15) is 0 Å². The number of carbonyl (C=O) groups is 1. The van der Waals surface area contributed by atoms with Crippen molar-refractivity contribution in [3.05, 3.63) is 24.4 Å². The van der Waals surface area contributed by atoms with Gasteiger partial charge in [-0.25, -0.2) is 4.98 Å². The quantitative estimate of drug-likeness (QED) is 0.874. The van der Waals surface area contributed by atoms with Crippen LogP contribution >= 0.6 is 0 Å². The highest BCUT2D eigenvalue weighted by Crippen LogP contribution is 2.34. The van der Waals surface area contributed by atoms with E-state index in [4.69, 9.17) is 14.6 Å². The van der Waals surface area contributed by atoms with E-state index in [-0.39, 0.29) is 18.7 Å². The number of morpholine rings is 1. The number of aliphatic carboxylic acids is 1. The van der Waals surface area contributed by atoms with Crippen LogP contribution in [0.3, 0.4) is 0 Å². The van der Waals surface area contributed by atoms with Crippen LogP contribution in [-0.4, -0.2) is 59.4 Å². The molecule has 1 aromatic rings. The smallest absolute Gasteiger partial charge is 0.317 e. The van der Waals surface area contributed by atoms with Crippen LogP contribution in [0.4, 0.5) is 0 Å². The van der Waals surface area contributed by atoms with Gasteiger partial charge in [0.2, 0.25) is 5.88 Å². The highest BCUT2D eigenvalue weighted by atomic mass is 16.5. The van der Waals surface area contributed by atoms with Gasteiger partial charge >= 0.3 is 5.97 Å². The number of fused-ring (bicyclic) bond motifs is 1. The van der Waals surface area contributed by atoms with Crippen LogP contribution in [0.1, 0.15) is 12.8 Å². The maximum atomic E-state index is 10.9. The molecule has 1 saturated heterocycles. The minimum absolute atomic E-state index is 0.0956. The average Bonchev–Trinajstić information content (AvgIpc) is 2.90.